The van der Waals surface area contributed by atoms with E-state index in [2.05, 4.69) is 4.99 Å². The lowest BCUT2D eigenvalue weighted by Gasteiger charge is -2.33. The van der Waals surface area contributed by atoms with Gasteiger partial charge in [0, 0.05) is 56.4 Å². The molecule has 1 aliphatic carbocycles. The number of allylic oxidation sites excluding steroid dienone is 1. The summed E-state index contributed by atoms with van der Waals surface area (Å²) in [5.74, 6) is -0.0797. The zero-order valence-electron chi connectivity index (χ0n) is 17.1. The van der Waals surface area contributed by atoms with Gasteiger partial charge in [-0.05, 0) is 25.8 Å². The average Bonchev–Trinajstić information content (AvgIpc) is 3.45. The summed E-state index contributed by atoms with van der Waals surface area (Å²) in [6, 6.07) is 4.23. The lowest BCUT2D eigenvalue weighted by Crippen LogP contribution is -2.43. The van der Waals surface area contributed by atoms with Gasteiger partial charge < -0.3 is 21.1 Å². The summed E-state index contributed by atoms with van der Waals surface area (Å²) in [6.45, 7) is 2.51. The van der Waals surface area contributed by atoms with Crippen LogP contribution in [0.2, 0.25) is 0 Å². The molecule has 1 aliphatic heterocycles. The summed E-state index contributed by atoms with van der Waals surface area (Å²) in [4.78, 5) is 5.99. The molecule has 1 heterocycles. The molecule has 1 saturated heterocycles. The van der Waals surface area contributed by atoms with Gasteiger partial charge in [0.15, 0.2) is 17.2 Å². The van der Waals surface area contributed by atoms with E-state index in [0.29, 0.717) is 18.9 Å². The quantitative estimate of drug-likeness (QED) is 0.387. The Bertz CT molecular complexity index is 953. The van der Waals surface area contributed by atoms with Crippen molar-refractivity contribution in [3.63, 3.8) is 0 Å². The normalized spacial score (nSPS) is 20.4. The first-order chi connectivity index (χ1) is 14.1. The Balaban J connectivity index is 1.80. The Hall–Kier alpha value is -3.15. The molecule has 1 saturated carbocycles. The van der Waals surface area contributed by atoms with Crippen molar-refractivity contribution in [1.29, 1.82) is 10.7 Å². The molecular weight excluding hydrogens is 390 g/mol. The third-order valence-electron chi connectivity index (χ3n) is 5.57. The first-order valence-electron chi connectivity index (χ1n) is 9.76. The van der Waals surface area contributed by atoms with Crippen LogP contribution in [-0.2, 0) is 0 Å². The summed E-state index contributed by atoms with van der Waals surface area (Å²) < 4.78 is 34.1. The molecular formula is C21H26F2N6O. The highest BCUT2D eigenvalue weighted by molar-refractivity contribution is 6.15. The Morgan fingerprint density at radius 3 is 2.50 bits per heavy atom. The standard InChI is InChI=1S/C21H26F2N6O/c1-20(3-4-20)30-17-9-13(15(25)10-14(17)22)19(27)16(26)11-18(28-2)29-7-5-21(23,12-24)6-8-29/h9-11,27H,3-8,25-26H2,1-2H3. The smallest absolute Gasteiger partial charge is 0.199 e. The molecule has 0 bridgehead atoms. The van der Waals surface area contributed by atoms with E-state index in [4.69, 9.17) is 26.9 Å². The van der Waals surface area contributed by atoms with Crippen LogP contribution in [0, 0.1) is 22.6 Å². The number of hydrogen-bond acceptors (Lipinski definition) is 6. The number of hydrogen-bond donors (Lipinski definition) is 3. The summed E-state index contributed by atoms with van der Waals surface area (Å²) in [7, 11) is 1.57. The van der Waals surface area contributed by atoms with Crippen LogP contribution in [0.25, 0.3) is 0 Å². The second-order valence-electron chi connectivity index (χ2n) is 8.04. The van der Waals surface area contributed by atoms with Gasteiger partial charge in [-0.2, -0.15) is 5.26 Å². The van der Waals surface area contributed by atoms with Crippen LogP contribution < -0.4 is 16.2 Å². The molecule has 7 nitrogen and oxygen atoms in total. The van der Waals surface area contributed by atoms with Gasteiger partial charge in [-0.1, -0.05) is 0 Å². The van der Waals surface area contributed by atoms with Gasteiger partial charge >= 0.3 is 0 Å². The van der Waals surface area contributed by atoms with E-state index in [0.717, 1.165) is 18.9 Å². The third kappa shape index (κ3) is 4.53. The highest BCUT2D eigenvalue weighted by atomic mass is 19.1. The van der Waals surface area contributed by atoms with Crippen LogP contribution in [0.15, 0.2) is 28.9 Å². The van der Waals surface area contributed by atoms with Crippen molar-refractivity contribution in [1.82, 2.24) is 4.90 Å². The molecule has 2 aliphatic rings. The van der Waals surface area contributed by atoms with E-state index in [1.807, 2.05) is 11.8 Å². The number of nitrogens with two attached hydrogens (primary N) is 2. The van der Waals surface area contributed by atoms with Gasteiger partial charge in [-0.15, -0.1) is 0 Å². The van der Waals surface area contributed by atoms with E-state index in [-0.39, 0.29) is 46.9 Å². The van der Waals surface area contributed by atoms with Crippen LogP contribution in [0.5, 0.6) is 5.75 Å². The number of anilines is 1. The maximum absolute atomic E-state index is 14.3. The molecule has 1 aromatic rings. The number of piperidine rings is 1. The monoisotopic (exact) mass is 416 g/mol. The zero-order valence-corrected chi connectivity index (χ0v) is 17.1. The molecule has 0 unspecified atom stereocenters. The molecule has 3 rings (SSSR count). The van der Waals surface area contributed by atoms with E-state index in [1.165, 1.54) is 12.1 Å². The predicted octanol–water partition coefficient (Wildman–Crippen LogP) is 2.91. The molecule has 0 spiro atoms. The van der Waals surface area contributed by atoms with Crippen molar-refractivity contribution in [2.75, 3.05) is 25.9 Å². The molecule has 160 valence electrons. The van der Waals surface area contributed by atoms with E-state index in [9.17, 15) is 8.78 Å². The fourth-order valence-electron chi connectivity index (χ4n) is 3.27. The van der Waals surface area contributed by atoms with Crippen molar-refractivity contribution in [2.24, 2.45) is 10.7 Å². The number of halogens is 2. The van der Waals surface area contributed by atoms with Gasteiger partial charge in [0.05, 0.1) is 11.4 Å². The average molecular weight is 416 g/mol. The lowest BCUT2D eigenvalue weighted by atomic mass is 9.95. The number of ether oxygens (including phenoxy) is 1. The summed E-state index contributed by atoms with van der Waals surface area (Å²) >= 11 is 0. The van der Waals surface area contributed by atoms with Gasteiger partial charge in [0.2, 0.25) is 0 Å². The van der Waals surface area contributed by atoms with Gasteiger partial charge in [0.25, 0.3) is 0 Å². The number of aliphatic imine (C=N–C) groups is 1. The second-order valence-corrected chi connectivity index (χ2v) is 8.04. The highest BCUT2D eigenvalue weighted by Gasteiger charge is 2.41. The van der Waals surface area contributed by atoms with Crippen LogP contribution in [0.4, 0.5) is 14.5 Å². The Morgan fingerprint density at radius 1 is 1.33 bits per heavy atom. The molecule has 0 radical (unpaired) electrons. The van der Waals surface area contributed by atoms with E-state index >= 15 is 0 Å². The fraction of sp³-hybridized carbons (Fsp3) is 0.476. The minimum atomic E-state index is -1.82. The maximum atomic E-state index is 14.3. The van der Waals surface area contributed by atoms with Gasteiger partial charge in [-0.3, -0.25) is 10.4 Å². The highest BCUT2D eigenvalue weighted by Crippen LogP contribution is 2.41. The number of rotatable bonds is 5. The summed E-state index contributed by atoms with van der Waals surface area (Å²) in [5.41, 5.74) is 10.2. The van der Waals surface area contributed by atoms with Crippen molar-refractivity contribution in [2.45, 2.75) is 43.9 Å². The van der Waals surface area contributed by atoms with Gasteiger partial charge in [0.1, 0.15) is 17.5 Å². The van der Waals surface area contributed by atoms with Gasteiger partial charge in [-0.25, -0.2) is 8.78 Å². The van der Waals surface area contributed by atoms with E-state index in [1.54, 1.807) is 13.1 Å². The number of nitrogens with one attached hydrogen (secondary N) is 1. The number of benzene rings is 1. The molecule has 1 aromatic carbocycles. The fourth-order valence-corrected chi connectivity index (χ4v) is 3.27. The minimum absolute atomic E-state index is 0.0351. The first-order valence-corrected chi connectivity index (χ1v) is 9.76. The minimum Gasteiger partial charge on any atom is -0.484 e. The number of likely N-dealkylation sites (tertiary alicyclic amines) is 1. The number of alkyl halides is 1. The SMILES string of the molecule is CN=C(C=C(N)C(=N)c1cc(OC2(C)CC2)c(F)cc1N)N1CCC(F)(C#N)CC1. The molecule has 0 atom stereocenters. The third-order valence-corrected chi connectivity index (χ3v) is 5.57. The van der Waals surface area contributed by atoms with Crippen molar-refractivity contribution >= 4 is 17.2 Å². The van der Waals surface area contributed by atoms with Crippen molar-refractivity contribution < 1.29 is 13.5 Å². The van der Waals surface area contributed by atoms with Crippen LogP contribution in [0.3, 0.4) is 0 Å². The Kier molecular flexibility index (Phi) is 5.70. The van der Waals surface area contributed by atoms with Crippen LogP contribution in [0.1, 0.15) is 38.2 Å². The number of amidine groups is 1. The van der Waals surface area contributed by atoms with Crippen molar-refractivity contribution in [3.05, 3.63) is 35.3 Å². The molecule has 2 fully saturated rings. The first kappa shape index (κ1) is 21.6. The zero-order chi connectivity index (χ0) is 22.1. The summed E-state index contributed by atoms with van der Waals surface area (Å²) in [6.07, 6.45) is 3.31. The maximum Gasteiger partial charge on any atom is 0.199 e. The topological polar surface area (TPSA) is 125 Å². The second kappa shape index (κ2) is 7.94. The van der Waals surface area contributed by atoms with E-state index < -0.39 is 11.5 Å². The molecule has 9 heteroatoms. The van der Waals surface area contributed by atoms with Crippen LogP contribution in [-0.4, -0.2) is 47.9 Å². The number of nitrogen functional groups attached to an aromatic ring is 1. The molecule has 30 heavy (non-hydrogen) atoms. The Labute approximate surface area is 174 Å². The largest absolute Gasteiger partial charge is 0.484 e. The number of nitrogens with zero attached hydrogens (tertiary/aromatic N) is 3. The predicted molar refractivity (Wildman–Crippen MR) is 112 cm³/mol. The lowest BCUT2D eigenvalue weighted by molar-refractivity contribution is 0.140. The van der Waals surface area contributed by atoms with Crippen LogP contribution >= 0.6 is 0 Å². The summed E-state index contributed by atoms with van der Waals surface area (Å²) in [5, 5.41) is 17.4. The molecule has 0 amide bonds. The molecule has 0 aromatic heterocycles. The number of nitriles is 1. The van der Waals surface area contributed by atoms with Crippen molar-refractivity contribution in [3.8, 4) is 11.8 Å². The molecule has 5 N–H and O–H groups in total. The Morgan fingerprint density at radius 2 is 1.97 bits per heavy atom.